The number of hydrogen-bond donors (Lipinski definition) is 0. The number of benzene rings is 1. The van der Waals surface area contributed by atoms with Gasteiger partial charge in [0.25, 0.3) is 0 Å². The van der Waals surface area contributed by atoms with Crippen molar-refractivity contribution < 1.29 is 4.74 Å². The molecule has 0 aromatic heterocycles. The molecule has 0 spiro atoms. The summed E-state index contributed by atoms with van der Waals surface area (Å²) in [4.78, 5) is 2.21. The molecule has 90 valence electrons. The number of anilines is 1. The van der Waals surface area contributed by atoms with E-state index in [9.17, 15) is 0 Å². The summed E-state index contributed by atoms with van der Waals surface area (Å²) < 4.78 is 6.13. The van der Waals surface area contributed by atoms with Crippen LogP contribution >= 0.6 is 27.5 Å². The van der Waals surface area contributed by atoms with Crippen molar-refractivity contribution in [2.24, 2.45) is 0 Å². The van der Waals surface area contributed by atoms with Crippen molar-refractivity contribution in [3.63, 3.8) is 0 Å². The van der Waals surface area contributed by atoms with Crippen LogP contribution in [0.5, 0.6) is 0 Å². The third kappa shape index (κ3) is 3.96. The molecule has 0 amide bonds. The summed E-state index contributed by atoms with van der Waals surface area (Å²) in [6.45, 7) is 1.77. The highest BCUT2D eigenvalue weighted by Crippen LogP contribution is 2.27. The van der Waals surface area contributed by atoms with Gasteiger partial charge in [-0.3, -0.25) is 0 Å². The second-order valence-corrected chi connectivity index (χ2v) is 4.81. The topological polar surface area (TPSA) is 12.5 Å². The van der Waals surface area contributed by atoms with Crippen molar-refractivity contribution in [1.82, 2.24) is 0 Å². The van der Waals surface area contributed by atoms with E-state index in [0.717, 1.165) is 29.6 Å². The van der Waals surface area contributed by atoms with E-state index in [0.29, 0.717) is 5.88 Å². The molecule has 0 N–H and O–H groups in total. The molecule has 0 aliphatic rings. The Balaban J connectivity index is 2.64. The van der Waals surface area contributed by atoms with Gasteiger partial charge < -0.3 is 9.64 Å². The molecule has 4 heteroatoms. The normalized spacial score (nSPS) is 10.5. The molecule has 0 heterocycles. The first-order chi connectivity index (χ1) is 7.69. The summed E-state index contributed by atoms with van der Waals surface area (Å²) >= 11 is 9.35. The van der Waals surface area contributed by atoms with Crippen molar-refractivity contribution in [2.75, 3.05) is 32.2 Å². The number of halogens is 2. The second-order valence-electron chi connectivity index (χ2n) is 3.69. The number of hydrogen-bond acceptors (Lipinski definition) is 2. The van der Waals surface area contributed by atoms with E-state index in [2.05, 4.69) is 46.1 Å². The van der Waals surface area contributed by atoms with Crippen molar-refractivity contribution in [2.45, 2.75) is 12.3 Å². The number of nitrogens with zero attached hydrogens (tertiary/aromatic N) is 1. The molecular formula is C12H17BrClNO. The van der Waals surface area contributed by atoms with Crippen LogP contribution in [0.25, 0.3) is 0 Å². The van der Waals surface area contributed by atoms with E-state index in [-0.39, 0.29) is 0 Å². The predicted molar refractivity (Wildman–Crippen MR) is 73.5 cm³/mol. The molecule has 1 aromatic carbocycles. The van der Waals surface area contributed by atoms with E-state index in [1.54, 1.807) is 7.11 Å². The maximum Gasteiger partial charge on any atom is 0.0508 e. The molecule has 0 aliphatic carbocycles. The smallest absolute Gasteiger partial charge is 0.0508 e. The Bertz CT molecular complexity index is 333. The fourth-order valence-electron chi connectivity index (χ4n) is 1.51. The van der Waals surface area contributed by atoms with Crippen LogP contribution in [0.4, 0.5) is 5.69 Å². The Labute approximate surface area is 111 Å². The first kappa shape index (κ1) is 13.8. The van der Waals surface area contributed by atoms with Gasteiger partial charge in [0, 0.05) is 37.7 Å². The van der Waals surface area contributed by atoms with Gasteiger partial charge in [0.05, 0.1) is 5.69 Å². The largest absolute Gasteiger partial charge is 0.385 e. The zero-order chi connectivity index (χ0) is 12.0. The lowest BCUT2D eigenvalue weighted by molar-refractivity contribution is 0.196. The highest BCUT2D eigenvalue weighted by molar-refractivity contribution is 9.10. The van der Waals surface area contributed by atoms with E-state index >= 15 is 0 Å². The first-order valence-corrected chi connectivity index (χ1v) is 6.56. The van der Waals surface area contributed by atoms with Gasteiger partial charge in [-0.1, -0.05) is 6.07 Å². The van der Waals surface area contributed by atoms with Crippen molar-refractivity contribution >= 4 is 33.2 Å². The molecule has 0 fully saturated rings. The van der Waals surface area contributed by atoms with Crippen LogP contribution in [0.3, 0.4) is 0 Å². The fourth-order valence-corrected chi connectivity index (χ4v) is 2.40. The molecule has 16 heavy (non-hydrogen) atoms. The second kappa shape index (κ2) is 7.15. The average Bonchev–Trinajstić information content (AvgIpc) is 2.29. The average molecular weight is 307 g/mol. The third-order valence-corrected chi connectivity index (χ3v) is 3.36. The fraction of sp³-hybridized carbons (Fsp3) is 0.500. The van der Waals surface area contributed by atoms with Crippen LogP contribution in [0.15, 0.2) is 22.7 Å². The summed E-state index contributed by atoms with van der Waals surface area (Å²) in [5, 5.41) is 0. The summed E-state index contributed by atoms with van der Waals surface area (Å²) in [6.07, 6.45) is 1.02. The SMILES string of the molecule is COCCCN(C)c1ccc(CCl)cc1Br. The van der Waals surface area contributed by atoms with Crippen molar-refractivity contribution in [3.8, 4) is 0 Å². The summed E-state index contributed by atoms with van der Waals surface area (Å²) in [7, 11) is 3.81. The molecule has 0 saturated heterocycles. The minimum Gasteiger partial charge on any atom is -0.385 e. The molecular weight excluding hydrogens is 289 g/mol. The Hall–Kier alpha value is -0.250. The zero-order valence-corrected chi connectivity index (χ0v) is 12.0. The lowest BCUT2D eigenvalue weighted by atomic mass is 10.2. The van der Waals surface area contributed by atoms with Crippen molar-refractivity contribution in [1.29, 1.82) is 0 Å². The Morgan fingerprint density at radius 1 is 1.44 bits per heavy atom. The Kier molecular flexibility index (Phi) is 6.17. The number of rotatable bonds is 6. The molecule has 1 aromatic rings. The molecule has 0 saturated carbocycles. The van der Waals surface area contributed by atoms with Gasteiger partial charge in [-0.25, -0.2) is 0 Å². The van der Waals surface area contributed by atoms with E-state index < -0.39 is 0 Å². The van der Waals surface area contributed by atoms with Gasteiger partial charge in [0.2, 0.25) is 0 Å². The van der Waals surface area contributed by atoms with Crippen molar-refractivity contribution in [3.05, 3.63) is 28.2 Å². The Morgan fingerprint density at radius 3 is 2.75 bits per heavy atom. The monoisotopic (exact) mass is 305 g/mol. The standard InChI is InChI=1S/C12H17BrClNO/c1-15(6-3-7-16-2)12-5-4-10(9-14)8-11(12)13/h4-5,8H,3,6-7,9H2,1-2H3. The van der Waals surface area contributed by atoms with Gasteiger partial charge in [-0.2, -0.15) is 0 Å². The zero-order valence-electron chi connectivity index (χ0n) is 9.67. The lowest BCUT2D eigenvalue weighted by Gasteiger charge is -2.21. The number of ether oxygens (including phenoxy) is 1. The number of methoxy groups -OCH3 is 1. The van der Waals surface area contributed by atoms with E-state index in [1.807, 2.05) is 0 Å². The maximum atomic E-state index is 5.78. The summed E-state index contributed by atoms with van der Waals surface area (Å²) in [6, 6.07) is 6.21. The van der Waals surface area contributed by atoms with Gasteiger partial charge in [0.1, 0.15) is 0 Å². The molecule has 1 rings (SSSR count). The molecule has 0 radical (unpaired) electrons. The lowest BCUT2D eigenvalue weighted by Crippen LogP contribution is -2.20. The van der Waals surface area contributed by atoms with E-state index in [1.165, 1.54) is 5.69 Å². The molecule has 0 unspecified atom stereocenters. The van der Waals surface area contributed by atoms with Gasteiger partial charge in [-0.15, -0.1) is 11.6 Å². The van der Waals surface area contributed by atoms with Crippen LogP contribution < -0.4 is 4.90 Å². The molecule has 0 atom stereocenters. The molecule has 0 bridgehead atoms. The van der Waals surface area contributed by atoms with Crippen LogP contribution in [0.1, 0.15) is 12.0 Å². The van der Waals surface area contributed by atoms with Gasteiger partial charge in [0.15, 0.2) is 0 Å². The van der Waals surface area contributed by atoms with Crippen LogP contribution in [-0.2, 0) is 10.6 Å². The third-order valence-electron chi connectivity index (χ3n) is 2.42. The predicted octanol–water partition coefficient (Wildman–Crippen LogP) is 3.66. The first-order valence-electron chi connectivity index (χ1n) is 5.23. The minimum atomic E-state index is 0.548. The molecule has 2 nitrogen and oxygen atoms in total. The van der Waals surface area contributed by atoms with Gasteiger partial charge >= 0.3 is 0 Å². The van der Waals surface area contributed by atoms with Crippen LogP contribution in [-0.4, -0.2) is 27.3 Å². The minimum absolute atomic E-state index is 0.548. The maximum absolute atomic E-state index is 5.78. The highest BCUT2D eigenvalue weighted by atomic mass is 79.9. The van der Waals surface area contributed by atoms with Crippen LogP contribution in [0, 0.1) is 0 Å². The Morgan fingerprint density at radius 2 is 2.19 bits per heavy atom. The summed E-state index contributed by atoms with van der Waals surface area (Å²) in [5.74, 6) is 0.548. The van der Waals surface area contributed by atoms with E-state index in [4.69, 9.17) is 16.3 Å². The highest BCUT2D eigenvalue weighted by Gasteiger charge is 2.05. The van der Waals surface area contributed by atoms with Crippen LogP contribution in [0.2, 0.25) is 0 Å². The van der Waals surface area contributed by atoms with Gasteiger partial charge in [-0.05, 0) is 40.0 Å². The number of alkyl halides is 1. The quantitative estimate of drug-likeness (QED) is 0.587. The summed E-state index contributed by atoms with van der Waals surface area (Å²) in [5.41, 5.74) is 2.31. The molecule has 0 aliphatic heterocycles.